The fourth-order valence-corrected chi connectivity index (χ4v) is 4.69. The van der Waals surface area contributed by atoms with E-state index in [1.54, 1.807) is 23.9 Å². The van der Waals surface area contributed by atoms with Crippen molar-refractivity contribution in [3.63, 3.8) is 0 Å². The second-order valence-electron chi connectivity index (χ2n) is 7.63. The standard InChI is InChI=1S/C24H23N5O2S/c25-14-17-7-9-18(10-8-17)31-12-13-32-24-28-27-23(29(24)16-19-4-3-11-30-19)21-15-26-22-6-2-1-5-20(21)22/h1-2,5-10,15,19,26H,3-4,11-13,16H2. The zero-order valence-corrected chi connectivity index (χ0v) is 18.3. The maximum Gasteiger partial charge on any atom is 0.191 e. The number of aromatic amines is 1. The maximum absolute atomic E-state index is 8.91. The van der Waals surface area contributed by atoms with Gasteiger partial charge < -0.3 is 14.5 Å². The predicted molar refractivity (Wildman–Crippen MR) is 124 cm³/mol. The molecule has 1 unspecified atom stereocenters. The molecule has 4 aromatic rings. The average molecular weight is 446 g/mol. The summed E-state index contributed by atoms with van der Waals surface area (Å²) >= 11 is 1.63. The summed E-state index contributed by atoms with van der Waals surface area (Å²) in [6, 6.07) is 17.5. The molecule has 162 valence electrons. The Morgan fingerprint density at radius 3 is 2.88 bits per heavy atom. The van der Waals surface area contributed by atoms with Gasteiger partial charge in [-0.15, -0.1) is 10.2 Å². The summed E-state index contributed by atoms with van der Waals surface area (Å²) in [5, 5.41) is 20.0. The molecule has 3 heterocycles. The summed E-state index contributed by atoms with van der Waals surface area (Å²) in [6.45, 7) is 2.09. The molecule has 1 atom stereocenters. The molecule has 0 aliphatic carbocycles. The number of rotatable bonds is 8. The molecule has 1 fully saturated rings. The topological polar surface area (TPSA) is 88.8 Å². The number of hydrogen-bond acceptors (Lipinski definition) is 6. The Labute approximate surface area is 190 Å². The van der Waals surface area contributed by atoms with E-state index in [1.165, 1.54) is 0 Å². The normalized spacial score (nSPS) is 15.8. The van der Waals surface area contributed by atoms with Crippen LogP contribution in [-0.4, -0.2) is 44.8 Å². The molecule has 0 amide bonds. The molecule has 1 aliphatic heterocycles. The van der Waals surface area contributed by atoms with Crippen molar-refractivity contribution in [1.82, 2.24) is 19.7 Å². The first kappa shape index (κ1) is 20.6. The van der Waals surface area contributed by atoms with Crippen molar-refractivity contribution in [1.29, 1.82) is 5.26 Å². The van der Waals surface area contributed by atoms with Crippen molar-refractivity contribution in [3.8, 4) is 23.2 Å². The number of H-pyrrole nitrogens is 1. The molecule has 0 saturated carbocycles. The number of ether oxygens (including phenoxy) is 2. The minimum Gasteiger partial charge on any atom is -0.493 e. The molecule has 2 aromatic heterocycles. The Hall–Kier alpha value is -3.28. The van der Waals surface area contributed by atoms with E-state index in [0.717, 1.165) is 64.9 Å². The highest BCUT2D eigenvalue weighted by atomic mass is 32.2. The molecule has 2 aromatic carbocycles. The van der Waals surface area contributed by atoms with Crippen molar-refractivity contribution in [2.24, 2.45) is 0 Å². The van der Waals surface area contributed by atoms with Gasteiger partial charge in [0.25, 0.3) is 0 Å². The summed E-state index contributed by atoms with van der Waals surface area (Å²) < 4.78 is 13.9. The minimum atomic E-state index is 0.184. The molecule has 32 heavy (non-hydrogen) atoms. The molecule has 0 spiro atoms. The van der Waals surface area contributed by atoms with Gasteiger partial charge in [0.15, 0.2) is 11.0 Å². The van der Waals surface area contributed by atoms with E-state index in [4.69, 9.17) is 14.7 Å². The third-order valence-corrected chi connectivity index (χ3v) is 6.45. The number of nitrogens with one attached hydrogen (secondary N) is 1. The summed E-state index contributed by atoms with van der Waals surface area (Å²) in [7, 11) is 0. The molecule has 8 heteroatoms. The Bertz CT molecular complexity index is 1240. The van der Waals surface area contributed by atoms with Gasteiger partial charge in [-0.25, -0.2) is 0 Å². The maximum atomic E-state index is 8.91. The minimum absolute atomic E-state index is 0.184. The molecule has 0 bridgehead atoms. The van der Waals surface area contributed by atoms with Gasteiger partial charge >= 0.3 is 0 Å². The van der Waals surface area contributed by atoms with E-state index < -0.39 is 0 Å². The monoisotopic (exact) mass is 445 g/mol. The summed E-state index contributed by atoms with van der Waals surface area (Å²) in [4.78, 5) is 3.34. The van der Waals surface area contributed by atoms with E-state index in [9.17, 15) is 0 Å². The van der Waals surface area contributed by atoms with Gasteiger partial charge in [0.05, 0.1) is 30.9 Å². The van der Waals surface area contributed by atoms with Crippen molar-refractivity contribution in [2.75, 3.05) is 19.0 Å². The lowest BCUT2D eigenvalue weighted by Gasteiger charge is -2.14. The lowest BCUT2D eigenvalue weighted by molar-refractivity contribution is 0.0953. The van der Waals surface area contributed by atoms with Crippen molar-refractivity contribution in [2.45, 2.75) is 30.6 Å². The molecule has 1 aliphatic rings. The molecule has 5 rings (SSSR count). The Morgan fingerprint density at radius 2 is 2.06 bits per heavy atom. The first-order chi connectivity index (χ1) is 15.8. The van der Waals surface area contributed by atoms with Crippen LogP contribution in [0.5, 0.6) is 5.75 Å². The van der Waals surface area contributed by atoms with Gasteiger partial charge in [0, 0.05) is 35.0 Å². The Balaban J connectivity index is 1.33. The lowest BCUT2D eigenvalue weighted by atomic mass is 10.1. The summed E-state index contributed by atoms with van der Waals surface area (Å²) in [6.07, 6.45) is 4.33. The fraction of sp³-hybridized carbons (Fsp3) is 0.292. The Morgan fingerprint density at radius 1 is 1.19 bits per heavy atom. The van der Waals surface area contributed by atoms with E-state index >= 15 is 0 Å². The SMILES string of the molecule is N#Cc1ccc(OCCSc2nnc(-c3c[nH]c4ccccc34)n2CC2CCCO2)cc1. The second kappa shape index (κ2) is 9.47. The predicted octanol–water partition coefficient (Wildman–Crippen LogP) is 4.65. The van der Waals surface area contributed by atoms with Gasteiger partial charge in [0.1, 0.15) is 5.75 Å². The van der Waals surface area contributed by atoms with Crippen molar-refractivity contribution in [3.05, 3.63) is 60.3 Å². The van der Waals surface area contributed by atoms with Crippen molar-refractivity contribution >= 4 is 22.7 Å². The first-order valence-corrected chi connectivity index (χ1v) is 11.7. The third-order valence-electron chi connectivity index (χ3n) is 5.52. The molecule has 1 saturated heterocycles. The molecule has 1 N–H and O–H groups in total. The number of hydrogen-bond donors (Lipinski definition) is 1. The number of nitriles is 1. The van der Waals surface area contributed by atoms with Crippen LogP contribution in [0.2, 0.25) is 0 Å². The van der Waals surface area contributed by atoms with Gasteiger partial charge in [-0.3, -0.25) is 4.57 Å². The highest BCUT2D eigenvalue weighted by Gasteiger charge is 2.23. The molecule has 7 nitrogen and oxygen atoms in total. The van der Waals surface area contributed by atoms with Crippen LogP contribution in [0.25, 0.3) is 22.3 Å². The zero-order valence-electron chi connectivity index (χ0n) is 17.5. The van der Waals surface area contributed by atoms with Gasteiger partial charge in [-0.2, -0.15) is 5.26 Å². The number of para-hydroxylation sites is 1. The average Bonchev–Trinajstić information content (AvgIpc) is 3.58. The highest BCUT2D eigenvalue weighted by molar-refractivity contribution is 7.99. The third kappa shape index (κ3) is 4.35. The summed E-state index contributed by atoms with van der Waals surface area (Å²) in [5.41, 5.74) is 2.75. The fourth-order valence-electron chi connectivity index (χ4n) is 3.93. The lowest BCUT2D eigenvalue weighted by Crippen LogP contribution is -2.17. The van der Waals surface area contributed by atoms with E-state index in [2.05, 4.69) is 38.0 Å². The van der Waals surface area contributed by atoms with Crippen LogP contribution in [0.1, 0.15) is 18.4 Å². The van der Waals surface area contributed by atoms with E-state index in [0.29, 0.717) is 12.2 Å². The molecular weight excluding hydrogens is 422 g/mol. The number of aromatic nitrogens is 4. The van der Waals surface area contributed by atoms with Gasteiger partial charge in [0.2, 0.25) is 0 Å². The van der Waals surface area contributed by atoms with Crippen molar-refractivity contribution < 1.29 is 9.47 Å². The second-order valence-corrected chi connectivity index (χ2v) is 8.69. The van der Waals surface area contributed by atoms with Crippen LogP contribution >= 0.6 is 11.8 Å². The number of fused-ring (bicyclic) bond motifs is 1. The highest BCUT2D eigenvalue weighted by Crippen LogP contribution is 2.31. The van der Waals surface area contributed by atoms with Crippen LogP contribution in [0.15, 0.2) is 59.9 Å². The first-order valence-electron chi connectivity index (χ1n) is 10.7. The van der Waals surface area contributed by atoms with Crippen LogP contribution in [0.3, 0.4) is 0 Å². The van der Waals surface area contributed by atoms with E-state index in [-0.39, 0.29) is 6.10 Å². The summed E-state index contributed by atoms with van der Waals surface area (Å²) in [5.74, 6) is 2.34. The largest absolute Gasteiger partial charge is 0.493 e. The number of benzene rings is 2. The van der Waals surface area contributed by atoms with Gasteiger partial charge in [-0.05, 0) is 43.2 Å². The molecule has 0 radical (unpaired) electrons. The quantitative estimate of drug-likeness (QED) is 0.314. The smallest absolute Gasteiger partial charge is 0.191 e. The van der Waals surface area contributed by atoms with Crippen LogP contribution < -0.4 is 4.74 Å². The number of nitrogens with zero attached hydrogens (tertiary/aromatic N) is 4. The Kier molecular flexibility index (Phi) is 6.10. The zero-order chi connectivity index (χ0) is 21.8. The van der Waals surface area contributed by atoms with Gasteiger partial charge in [-0.1, -0.05) is 30.0 Å². The van der Waals surface area contributed by atoms with Crippen LogP contribution in [-0.2, 0) is 11.3 Å². The van der Waals surface area contributed by atoms with Crippen LogP contribution in [0, 0.1) is 11.3 Å². The van der Waals surface area contributed by atoms with E-state index in [1.807, 2.05) is 30.5 Å². The molecular formula is C24H23N5O2S. The number of thioether (sulfide) groups is 1. The van der Waals surface area contributed by atoms with Crippen LogP contribution in [0.4, 0.5) is 0 Å².